The van der Waals surface area contributed by atoms with Gasteiger partial charge in [0.25, 0.3) is 0 Å². The van der Waals surface area contributed by atoms with Gasteiger partial charge in [0.1, 0.15) is 6.54 Å². The lowest BCUT2D eigenvalue weighted by Gasteiger charge is -2.15. The quantitative estimate of drug-likeness (QED) is 0.896. The van der Waals surface area contributed by atoms with Crippen LogP contribution in [0.5, 0.6) is 0 Å². The molecule has 0 saturated heterocycles. The van der Waals surface area contributed by atoms with E-state index in [2.05, 4.69) is 10.4 Å². The van der Waals surface area contributed by atoms with Crippen LogP contribution in [0.15, 0.2) is 29.2 Å². The predicted octanol–water partition coefficient (Wildman–Crippen LogP) is 2.09. The maximum atomic E-state index is 12.2. The molecule has 2 rings (SSSR count). The SMILES string of the molecule is Cc1nn(CC(=O)NC(C)c2ccc(S(C)(=O)=O)cc2)c(C)c1C. The highest BCUT2D eigenvalue weighted by Crippen LogP contribution is 2.16. The van der Waals surface area contributed by atoms with Crippen LogP contribution in [0.1, 0.15) is 35.5 Å². The molecule has 1 amide bonds. The molecule has 7 heteroatoms. The molecule has 6 nitrogen and oxygen atoms in total. The average Bonchev–Trinajstić information content (AvgIpc) is 2.73. The van der Waals surface area contributed by atoms with Gasteiger partial charge in [-0.15, -0.1) is 0 Å². The summed E-state index contributed by atoms with van der Waals surface area (Å²) in [5, 5.41) is 7.27. The molecule has 0 aliphatic heterocycles. The standard InChI is InChI=1S/C17H23N3O3S/c1-11-12(2)19-20(14(11)4)10-17(21)18-13(3)15-6-8-16(9-7-15)24(5,22)23/h6-9,13H,10H2,1-5H3,(H,18,21). The Morgan fingerprint density at radius 2 is 1.79 bits per heavy atom. The van der Waals surface area contributed by atoms with Gasteiger partial charge in [-0.1, -0.05) is 12.1 Å². The predicted molar refractivity (Wildman–Crippen MR) is 92.5 cm³/mol. The lowest BCUT2D eigenvalue weighted by atomic mass is 10.1. The van der Waals surface area contributed by atoms with Gasteiger partial charge >= 0.3 is 0 Å². The molecule has 2 aromatic rings. The Labute approximate surface area is 142 Å². The first-order valence-corrected chi connectivity index (χ1v) is 9.58. The molecule has 1 heterocycles. The van der Waals surface area contributed by atoms with Crippen molar-refractivity contribution >= 4 is 15.7 Å². The third-order valence-electron chi connectivity index (χ3n) is 4.22. The number of hydrogen-bond acceptors (Lipinski definition) is 4. The first kappa shape index (κ1) is 18.2. The van der Waals surface area contributed by atoms with Crippen LogP contribution in [0.4, 0.5) is 0 Å². The summed E-state index contributed by atoms with van der Waals surface area (Å²) >= 11 is 0. The van der Waals surface area contributed by atoms with Crippen molar-refractivity contribution in [2.24, 2.45) is 0 Å². The monoisotopic (exact) mass is 349 g/mol. The van der Waals surface area contributed by atoms with Gasteiger partial charge in [0.15, 0.2) is 9.84 Å². The third kappa shape index (κ3) is 4.03. The lowest BCUT2D eigenvalue weighted by Crippen LogP contribution is -2.30. The van der Waals surface area contributed by atoms with Crippen LogP contribution in [-0.4, -0.2) is 30.4 Å². The van der Waals surface area contributed by atoms with Crippen LogP contribution >= 0.6 is 0 Å². The minimum absolute atomic E-state index is 0.139. The Morgan fingerprint density at radius 3 is 2.25 bits per heavy atom. The molecule has 0 spiro atoms. The number of amides is 1. The van der Waals surface area contributed by atoms with Gasteiger partial charge in [-0.3, -0.25) is 9.48 Å². The van der Waals surface area contributed by atoms with Crippen molar-refractivity contribution in [3.63, 3.8) is 0 Å². The van der Waals surface area contributed by atoms with Crippen molar-refractivity contribution in [3.8, 4) is 0 Å². The number of carbonyl (C=O) groups excluding carboxylic acids is 1. The van der Waals surface area contributed by atoms with Crippen LogP contribution in [-0.2, 0) is 21.2 Å². The highest BCUT2D eigenvalue weighted by atomic mass is 32.2. The van der Waals surface area contributed by atoms with Crippen LogP contribution in [0.3, 0.4) is 0 Å². The molecule has 0 aliphatic rings. The smallest absolute Gasteiger partial charge is 0.242 e. The number of nitrogens with one attached hydrogen (secondary N) is 1. The number of carbonyl (C=O) groups is 1. The maximum Gasteiger partial charge on any atom is 0.242 e. The van der Waals surface area contributed by atoms with Crippen molar-refractivity contribution in [1.29, 1.82) is 0 Å². The summed E-state index contributed by atoms with van der Waals surface area (Å²) < 4.78 is 24.6. The molecular formula is C17H23N3O3S. The highest BCUT2D eigenvalue weighted by molar-refractivity contribution is 7.90. The number of aryl methyl sites for hydroxylation is 1. The topological polar surface area (TPSA) is 81.1 Å². The van der Waals surface area contributed by atoms with Gasteiger partial charge in [0.2, 0.25) is 5.91 Å². The Bertz CT molecular complexity index is 852. The molecule has 0 aliphatic carbocycles. The molecule has 1 aromatic heterocycles. The summed E-state index contributed by atoms with van der Waals surface area (Å²) in [6.07, 6.45) is 1.17. The van der Waals surface area contributed by atoms with E-state index in [4.69, 9.17) is 0 Å². The molecule has 1 aromatic carbocycles. The van der Waals surface area contributed by atoms with Crippen molar-refractivity contribution in [3.05, 3.63) is 46.8 Å². The Balaban J connectivity index is 2.04. The Hall–Kier alpha value is -2.15. The fourth-order valence-electron chi connectivity index (χ4n) is 2.45. The van der Waals surface area contributed by atoms with Gasteiger partial charge in [-0.25, -0.2) is 8.42 Å². The number of hydrogen-bond donors (Lipinski definition) is 1. The molecule has 1 N–H and O–H groups in total. The van der Waals surface area contributed by atoms with E-state index in [0.29, 0.717) is 0 Å². The summed E-state index contributed by atoms with van der Waals surface area (Å²) in [6.45, 7) is 7.86. The summed E-state index contributed by atoms with van der Waals surface area (Å²) in [5.74, 6) is -0.139. The van der Waals surface area contributed by atoms with E-state index < -0.39 is 9.84 Å². The highest BCUT2D eigenvalue weighted by Gasteiger charge is 2.14. The van der Waals surface area contributed by atoms with Crippen LogP contribution in [0.25, 0.3) is 0 Å². The minimum atomic E-state index is -3.21. The van der Waals surface area contributed by atoms with Gasteiger partial charge in [0, 0.05) is 11.9 Å². The van der Waals surface area contributed by atoms with E-state index in [0.717, 1.165) is 22.5 Å². The van der Waals surface area contributed by atoms with Crippen molar-refractivity contribution < 1.29 is 13.2 Å². The Morgan fingerprint density at radius 1 is 1.21 bits per heavy atom. The second-order valence-electron chi connectivity index (χ2n) is 6.08. The summed E-state index contributed by atoms with van der Waals surface area (Å²) in [6, 6.07) is 6.32. The number of aromatic nitrogens is 2. The van der Waals surface area contributed by atoms with E-state index in [-0.39, 0.29) is 23.4 Å². The molecular weight excluding hydrogens is 326 g/mol. The van der Waals surface area contributed by atoms with Crippen molar-refractivity contribution in [1.82, 2.24) is 15.1 Å². The normalized spacial score (nSPS) is 12.9. The summed E-state index contributed by atoms with van der Waals surface area (Å²) in [5.41, 5.74) is 3.84. The molecule has 0 fully saturated rings. The fourth-order valence-corrected chi connectivity index (χ4v) is 3.08. The van der Waals surface area contributed by atoms with Gasteiger partial charge in [0.05, 0.1) is 16.6 Å². The Kier molecular flexibility index (Phi) is 5.13. The zero-order valence-corrected chi connectivity index (χ0v) is 15.4. The van der Waals surface area contributed by atoms with E-state index in [1.807, 2.05) is 27.7 Å². The summed E-state index contributed by atoms with van der Waals surface area (Å²) in [4.78, 5) is 12.5. The second kappa shape index (κ2) is 6.76. The van der Waals surface area contributed by atoms with Crippen molar-refractivity contribution in [2.75, 3.05) is 6.26 Å². The van der Waals surface area contributed by atoms with Crippen LogP contribution in [0, 0.1) is 20.8 Å². The zero-order valence-electron chi connectivity index (χ0n) is 14.6. The van der Waals surface area contributed by atoms with E-state index in [9.17, 15) is 13.2 Å². The molecule has 1 unspecified atom stereocenters. The van der Waals surface area contributed by atoms with Gasteiger partial charge in [-0.05, 0) is 51.0 Å². The fraction of sp³-hybridized carbons (Fsp3) is 0.412. The van der Waals surface area contributed by atoms with E-state index in [1.165, 1.54) is 6.26 Å². The average molecular weight is 349 g/mol. The molecule has 24 heavy (non-hydrogen) atoms. The van der Waals surface area contributed by atoms with Crippen molar-refractivity contribution in [2.45, 2.75) is 45.2 Å². The first-order valence-electron chi connectivity index (χ1n) is 7.69. The second-order valence-corrected chi connectivity index (χ2v) is 8.10. The molecule has 1 atom stereocenters. The number of nitrogens with zero attached hydrogens (tertiary/aromatic N) is 2. The van der Waals surface area contributed by atoms with Gasteiger partial charge < -0.3 is 5.32 Å². The van der Waals surface area contributed by atoms with Crippen LogP contribution in [0.2, 0.25) is 0 Å². The maximum absolute atomic E-state index is 12.2. The molecule has 0 bridgehead atoms. The minimum Gasteiger partial charge on any atom is -0.348 e. The van der Waals surface area contributed by atoms with E-state index in [1.54, 1.807) is 28.9 Å². The number of sulfone groups is 1. The van der Waals surface area contributed by atoms with Crippen LogP contribution < -0.4 is 5.32 Å². The number of rotatable bonds is 5. The lowest BCUT2D eigenvalue weighted by molar-refractivity contribution is -0.122. The summed E-state index contributed by atoms with van der Waals surface area (Å²) in [7, 11) is -3.21. The number of benzene rings is 1. The largest absolute Gasteiger partial charge is 0.348 e. The molecule has 130 valence electrons. The van der Waals surface area contributed by atoms with Gasteiger partial charge in [-0.2, -0.15) is 5.10 Å². The third-order valence-corrected chi connectivity index (χ3v) is 5.35. The molecule has 0 radical (unpaired) electrons. The molecule has 0 saturated carbocycles. The first-order chi connectivity index (χ1) is 11.1. The zero-order chi connectivity index (χ0) is 18.1. The van der Waals surface area contributed by atoms with E-state index >= 15 is 0 Å².